The van der Waals surface area contributed by atoms with Gasteiger partial charge in [0, 0.05) is 11.1 Å². The first-order valence-corrected chi connectivity index (χ1v) is 9.57. The van der Waals surface area contributed by atoms with Gasteiger partial charge in [-0.05, 0) is 48.9 Å². The summed E-state index contributed by atoms with van der Waals surface area (Å²) in [5, 5.41) is 0. The van der Waals surface area contributed by atoms with E-state index >= 15 is 0 Å². The zero-order valence-electron chi connectivity index (χ0n) is 15.7. The first kappa shape index (κ1) is 19.7. The van der Waals surface area contributed by atoms with Crippen LogP contribution < -0.4 is 4.74 Å². The molecule has 0 aliphatic carbocycles. The van der Waals surface area contributed by atoms with Crippen LogP contribution in [0.25, 0.3) is 11.1 Å². The zero-order valence-corrected chi connectivity index (χ0v) is 15.7. The summed E-state index contributed by atoms with van der Waals surface area (Å²) in [6, 6.07) is 7.28. The number of rotatable bonds is 6. The van der Waals surface area contributed by atoms with Crippen molar-refractivity contribution >= 4 is 0 Å². The number of hydrogen-bond acceptors (Lipinski definition) is 2. The molecule has 0 bridgehead atoms. The fraction of sp³-hybridized carbons (Fsp3) is 0.455. The molecule has 1 fully saturated rings. The van der Waals surface area contributed by atoms with Crippen molar-refractivity contribution in [3.05, 3.63) is 53.3 Å². The number of benzene rings is 2. The maximum absolute atomic E-state index is 14.7. The lowest BCUT2D eigenvalue weighted by molar-refractivity contribution is -0.0182. The van der Waals surface area contributed by atoms with E-state index in [1.807, 2.05) is 6.92 Å². The molecule has 5 heteroatoms. The standard InChI is InChI=1S/C22H25F3O2/c1-3-11-26-20-10-8-17(21(24)22(20)25)16-7-6-15(12-18(16)23)19-9-5-14(4-2)13-27-19/h6-8,10,12,14,19H,3-5,9,11,13H2,1-2H3. The van der Waals surface area contributed by atoms with Gasteiger partial charge in [0.1, 0.15) is 5.82 Å². The molecule has 3 rings (SSSR count). The van der Waals surface area contributed by atoms with Crippen molar-refractivity contribution in [3.63, 3.8) is 0 Å². The summed E-state index contributed by atoms with van der Waals surface area (Å²) in [5.74, 6) is -2.39. The molecule has 2 nitrogen and oxygen atoms in total. The van der Waals surface area contributed by atoms with Gasteiger partial charge >= 0.3 is 0 Å². The third kappa shape index (κ3) is 4.29. The molecule has 146 valence electrons. The van der Waals surface area contributed by atoms with Crippen LogP contribution in [0.2, 0.25) is 0 Å². The molecule has 0 N–H and O–H groups in total. The summed E-state index contributed by atoms with van der Waals surface area (Å²) in [6.45, 7) is 4.97. The maximum Gasteiger partial charge on any atom is 0.201 e. The van der Waals surface area contributed by atoms with E-state index < -0.39 is 17.5 Å². The molecule has 2 aromatic carbocycles. The van der Waals surface area contributed by atoms with Gasteiger partial charge in [0.05, 0.1) is 19.3 Å². The predicted molar refractivity (Wildman–Crippen MR) is 99.2 cm³/mol. The first-order valence-electron chi connectivity index (χ1n) is 9.57. The van der Waals surface area contributed by atoms with E-state index in [9.17, 15) is 13.2 Å². The fourth-order valence-corrected chi connectivity index (χ4v) is 3.40. The molecule has 2 unspecified atom stereocenters. The molecule has 1 aliphatic heterocycles. The largest absolute Gasteiger partial charge is 0.490 e. The Kier molecular flexibility index (Phi) is 6.42. The quantitative estimate of drug-likeness (QED) is 0.576. The Morgan fingerprint density at radius 3 is 2.41 bits per heavy atom. The van der Waals surface area contributed by atoms with Crippen LogP contribution in [0, 0.1) is 23.4 Å². The van der Waals surface area contributed by atoms with Crippen molar-refractivity contribution in [3.8, 4) is 16.9 Å². The Bertz CT molecular complexity index is 783. The smallest absolute Gasteiger partial charge is 0.201 e. The van der Waals surface area contributed by atoms with Crippen molar-refractivity contribution in [2.24, 2.45) is 5.92 Å². The summed E-state index contributed by atoms with van der Waals surface area (Å²) in [5.41, 5.74) is 0.644. The van der Waals surface area contributed by atoms with Gasteiger partial charge < -0.3 is 9.47 Å². The highest BCUT2D eigenvalue weighted by Gasteiger charge is 2.24. The molecule has 2 aromatic rings. The molecular formula is C22H25F3O2. The molecule has 1 heterocycles. The van der Waals surface area contributed by atoms with Gasteiger partial charge in [-0.2, -0.15) is 4.39 Å². The number of ether oxygens (including phenoxy) is 2. The summed E-state index contributed by atoms with van der Waals surface area (Å²) in [6.07, 6.45) is 3.49. The number of halogens is 3. The molecule has 0 spiro atoms. The third-order valence-corrected chi connectivity index (χ3v) is 5.11. The highest BCUT2D eigenvalue weighted by atomic mass is 19.2. The van der Waals surface area contributed by atoms with E-state index in [2.05, 4.69) is 6.92 Å². The highest BCUT2D eigenvalue weighted by Crippen LogP contribution is 2.36. The fourth-order valence-electron chi connectivity index (χ4n) is 3.40. The van der Waals surface area contributed by atoms with Crippen molar-refractivity contribution in [1.82, 2.24) is 0 Å². The summed E-state index contributed by atoms with van der Waals surface area (Å²) in [7, 11) is 0. The van der Waals surface area contributed by atoms with E-state index in [0.29, 0.717) is 25.6 Å². The number of hydrogen-bond donors (Lipinski definition) is 0. The monoisotopic (exact) mass is 378 g/mol. The minimum Gasteiger partial charge on any atom is -0.490 e. The van der Waals surface area contributed by atoms with Crippen molar-refractivity contribution in [1.29, 1.82) is 0 Å². The summed E-state index contributed by atoms with van der Waals surface area (Å²) >= 11 is 0. The lowest BCUT2D eigenvalue weighted by Crippen LogP contribution is -2.20. The topological polar surface area (TPSA) is 18.5 Å². The second kappa shape index (κ2) is 8.79. The maximum atomic E-state index is 14.7. The normalized spacial score (nSPS) is 19.9. The van der Waals surface area contributed by atoms with Crippen LogP contribution >= 0.6 is 0 Å². The van der Waals surface area contributed by atoms with Gasteiger partial charge in [0.15, 0.2) is 11.6 Å². The van der Waals surface area contributed by atoms with Crippen LogP contribution in [0.1, 0.15) is 51.2 Å². The van der Waals surface area contributed by atoms with E-state index in [1.54, 1.807) is 6.07 Å². The minimum absolute atomic E-state index is 0.0273. The molecular weight excluding hydrogens is 353 g/mol. The van der Waals surface area contributed by atoms with Gasteiger partial charge in [-0.1, -0.05) is 32.4 Å². The molecule has 0 saturated carbocycles. The van der Waals surface area contributed by atoms with Crippen molar-refractivity contribution < 1.29 is 22.6 Å². The van der Waals surface area contributed by atoms with Gasteiger partial charge in [-0.15, -0.1) is 0 Å². The Balaban J connectivity index is 1.83. The summed E-state index contributed by atoms with van der Waals surface area (Å²) < 4.78 is 54.3. The Morgan fingerprint density at radius 2 is 1.78 bits per heavy atom. The van der Waals surface area contributed by atoms with Gasteiger partial charge in [-0.25, -0.2) is 8.78 Å². The van der Waals surface area contributed by atoms with Crippen molar-refractivity contribution in [2.45, 2.75) is 45.6 Å². The molecule has 1 saturated heterocycles. The molecule has 0 aromatic heterocycles. The Hall–Kier alpha value is -2.01. The van der Waals surface area contributed by atoms with Crippen LogP contribution in [0.3, 0.4) is 0 Å². The van der Waals surface area contributed by atoms with Gasteiger partial charge in [-0.3, -0.25) is 0 Å². The van der Waals surface area contributed by atoms with Crippen LogP contribution in [-0.2, 0) is 4.74 Å². The van der Waals surface area contributed by atoms with Crippen molar-refractivity contribution in [2.75, 3.05) is 13.2 Å². The second-order valence-corrected chi connectivity index (χ2v) is 7.00. The van der Waals surface area contributed by atoms with Crippen LogP contribution in [0.5, 0.6) is 5.75 Å². The van der Waals surface area contributed by atoms with E-state index in [0.717, 1.165) is 24.8 Å². The lowest BCUT2D eigenvalue weighted by Gasteiger charge is -2.28. The minimum atomic E-state index is -1.10. The van der Waals surface area contributed by atoms with Crippen LogP contribution in [-0.4, -0.2) is 13.2 Å². The van der Waals surface area contributed by atoms with Crippen LogP contribution in [0.4, 0.5) is 13.2 Å². The highest BCUT2D eigenvalue weighted by molar-refractivity contribution is 5.66. The lowest BCUT2D eigenvalue weighted by atomic mass is 9.92. The molecule has 0 radical (unpaired) electrons. The Morgan fingerprint density at radius 1 is 1.00 bits per heavy atom. The van der Waals surface area contributed by atoms with Gasteiger partial charge in [0.25, 0.3) is 0 Å². The van der Waals surface area contributed by atoms with Gasteiger partial charge in [0.2, 0.25) is 5.82 Å². The molecule has 2 atom stereocenters. The van der Waals surface area contributed by atoms with E-state index in [-0.39, 0.29) is 23.0 Å². The molecule has 1 aliphatic rings. The molecule has 0 amide bonds. The Labute approximate surface area is 158 Å². The summed E-state index contributed by atoms with van der Waals surface area (Å²) in [4.78, 5) is 0. The van der Waals surface area contributed by atoms with E-state index in [1.165, 1.54) is 24.3 Å². The van der Waals surface area contributed by atoms with E-state index in [4.69, 9.17) is 9.47 Å². The zero-order chi connectivity index (χ0) is 19.4. The predicted octanol–water partition coefficient (Wildman–Crippen LogP) is 6.44. The third-order valence-electron chi connectivity index (χ3n) is 5.11. The van der Waals surface area contributed by atoms with Crippen LogP contribution in [0.15, 0.2) is 30.3 Å². The SMILES string of the molecule is CCCOc1ccc(-c2ccc(C3CCC(CC)CO3)cc2F)c(F)c1F. The second-order valence-electron chi connectivity index (χ2n) is 7.00. The average molecular weight is 378 g/mol. The molecule has 27 heavy (non-hydrogen) atoms. The average Bonchev–Trinajstić information content (AvgIpc) is 2.69. The first-order chi connectivity index (χ1) is 13.0.